The van der Waals surface area contributed by atoms with Gasteiger partial charge in [0.25, 0.3) is 0 Å². The van der Waals surface area contributed by atoms with Gasteiger partial charge in [-0.25, -0.2) is 0 Å². The summed E-state index contributed by atoms with van der Waals surface area (Å²) in [4.78, 5) is 24.1. The maximum Gasteiger partial charge on any atom is 0.235 e. The minimum Gasteiger partial charge on any atom is -0.493 e. The molecular formula is C20H25N3O5S. The second-order valence-electron chi connectivity index (χ2n) is 6.80. The molecule has 1 saturated carbocycles. The van der Waals surface area contributed by atoms with Crippen molar-refractivity contribution in [3.63, 3.8) is 0 Å². The summed E-state index contributed by atoms with van der Waals surface area (Å²) in [6.07, 6.45) is 4.60. The molecule has 0 radical (unpaired) electrons. The molecule has 29 heavy (non-hydrogen) atoms. The normalized spacial score (nSPS) is 13.9. The van der Waals surface area contributed by atoms with Crippen molar-refractivity contribution < 1.29 is 23.6 Å². The van der Waals surface area contributed by atoms with Crippen LogP contribution in [-0.2, 0) is 9.59 Å². The minimum atomic E-state index is -0.243. The smallest absolute Gasteiger partial charge is 0.235 e. The highest BCUT2D eigenvalue weighted by Crippen LogP contribution is 2.33. The van der Waals surface area contributed by atoms with E-state index in [0.29, 0.717) is 28.8 Å². The number of nitrogens with one attached hydrogen (secondary N) is 2. The molecule has 2 N–H and O–H groups in total. The van der Waals surface area contributed by atoms with Crippen molar-refractivity contribution >= 4 is 35.1 Å². The van der Waals surface area contributed by atoms with E-state index in [0.717, 1.165) is 12.8 Å². The molecule has 0 bridgehead atoms. The Balaban J connectivity index is 1.46. The van der Waals surface area contributed by atoms with Crippen LogP contribution in [0.1, 0.15) is 31.4 Å². The molecule has 1 aromatic heterocycles. The van der Waals surface area contributed by atoms with Crippen LogP contribution in [0.4, 0.5) is 11.5 Å². The van der Waals surface area contributed by atoms with Crippen LogP contribution >= 0.6 is 11.8 Å². The van der Waals surface area contributed by atoms with E-state index in [-0.39, 0.29) is 29.4 Å². The van der Waals surface area contributed by atoms with Crippen LogP contribution in [-0.4, -0.2) is 41.7 Å². The van der Waals surface area contributed by atoms with Crippen molar-refractivity contribution in [1.82, 2.24) is 5.16 Å². The van der Waals surface area contributed by atoms with E-state index in [1.165, 1.54) is 24.6 Å². The number of amides is 2. The first-order chi connectivity index (χ1) is 14.0. The first-order valence-electron chi connectivity index (χ1n) is 9.49. The van der Waals surface area contributed by atoms with Gasteiger partial charge in [0, 0.05) is 17.8 Å². The highest BCUT2D eigenvalue weighted by atomic mass is 32.2. The number of carbonyl (C=O) groups is 2. The summed E-state index contributed by atoms with van der Waals surface area (Å²) >= 11 is 1.21. The second-order valence-corrected chi connectivity index (χ2v) is 7.79. The summed E-state index contributed by atoms with van der Waals surface area (Å²) in [5, 5.41) is 9.14. The van der Waals surface area contributed by atoms with Crippen LogP contribution in [0, 0.1) is 6.92 Å². The number of thioether (sulfide) groups is 1. The van der Waals surface area contributed by atoms with Crippen LogP contribution in [0.3, 0.4) is 0 Å². The van der Waals surface area contributed by atoms with Crippen LogP contribution in [0.15, 0.2) is 28.8 Å². The molecule has 0 spiro atoms. The summed E-state index contributed by atoms with van der Waals surface area (Å²) in [5.41, 5.74) is 0.631. The molecule has 1 aliphatic carbocycles. The molecule has 0 unspecified atom stereocenters. The monoisotopic (exact) mass is 419 g/mol. The van der Waals surface area contributed by atoms with Crippen molar-refractivity contribution in [2.24, 2.45) is 0 Å². The number of methoxy groups -OCH3 is 1. The Morgan fingerprint density at radius 3 is 2.52 bits per heavy atom. The highest BCUT2D eigenvalue weighted by Gasteiger charge is 2.19. The Labute approximate surface area is 173 Å². The lowest BCUT2D eigenvalue weighted by molar-refractivity contribution is -0.114. The van der Waals surface area contributed by atoms with Crippen LogP contribution in [0.5, 0.6) is 11.5 Å². The third-order valence-corrected chi connectivity index (χ3v) is 5.34. The van der Waals surface area contributed by atoms with E-state index in [2.05, 4.69) is 15.8 Å². The minimum absolute atomic E-state index is 0.137. The second kappa shape index (κ2) is 10.2. The SMILES string of the molecule is COc1ccc(NC(=O)CSCC(=O)Nc2cc(C)on2)cc1OC1CCCC1. The molecule has 9 heteroatoms. The van der Waals surface area contributed by atoms with E-state index in [9.17, 15) is 9.59 Å². The maximum absolute atomic E-state index is 12.2. The van der Waals surface area contributed by atoms with Gasteiger partial charge in [-0.2, -0.15) is 0 Å². The van der Waals surface area contributed by atoms with E-state index >= 15 is 0 Å². The first kappa shape index (κ1) is 21.0. The first-order valence-corrected chi connectivity index (χ1v) is 10.6. The van der Waals surface area contributed by atoms with Gasteiger partial charge in [-0.3, -0.25) is 9.59 Å². The van der Waals surface area contributed by atoms with Gasteiger partial charge < -0.3 is 24.6 Å². The van der Waals surface area contributed by atoms with Gasteiger partial charge >= 0.3 is 0 Å². The van der Waals surface area contributed by atoms with Crippen LogP contribution in [0.25, 0.3) is 0 Å². The largest absolute Gasteiger partial charge is 0.493 e. The third kappa shape index (κ3) is 6.42. The summed E-state index contributed by atoms with van der Waals surface area (Å²) in [5.74, 6) is 2.10. The zero-order chi connectivity index (χ0) is 20.6. The Morgan fingerprint density at radius 1 is 1.14 bits per heavy atom. The zero-order valence-corrected chi connectivity index (χ0v) is 17.3. The Bertz CT molecular complexity index is 848. The summed E-state index contributed by atoms with van der Waals surface area (Å²) in [6.45, 7) is 1.74. The number of carbonyl (C=O) groups excluding carboxylic acids is 2. The third-order valence-electron chi connectivity index (χ3n) is 4.40. The molecule has 1 aromatic carbocycles. The van der Waals surface area contributed by atoms with Crippen molar-refractivity contribution in [2.45, 2.75) is 38.7 Å². The predicted octanol–water partition coefficient (Wildman–Crippen LogP) is 3.62. The number of hydrogen-bond acceptors (Lipinski definition) is 7. The fraction of sp³-hybridized carbons (Fsp3) is 0.450. The molecule has 1 fully saturated rings. The number of aromatic nitrogens is 1. The molecule has 1 heterocycles. The van der Waals surface area contributed by atoms with E-state index in [4.69, 9.17) is 14.0 Å². The topological polar surface area (TPSA) is 103 Å². The summed E-state index contributed by atoms with van der Waals surface area (Å²) in [7, 11) is 1.59. The number of benzene rings is 1. The molecular weight excluding hydrogens is 394 g/mol. The lowest BCUT2D eigenvalue weighted by Gasteiger charge is -2.17. The molecule has 2 aromatic rings. The van der Waals surface area contributed by atoms with Crippen molar-refractivity contribution in [1.29, 1.82) is 0 Å². The quantitative estimate of drug-likeness (QED) is 0.640. The van der Waals surface area contributed by atoms with E-state index < -0.39 is 0 Å². The van der Waals surface area contributed by atoms with Crippen molar-refractivity contribution in [3.05, 3.63) is 30.0 Å². The fourth-order valence-corrected chi connectivity index (χ4v) is 3.69. The van der Waals surface area contributed by atoms with Crippen LogP contribution in [0.2, 0.25) is 0 Å². The summed E-state index contributed by atoms with van der Waals surface area (Å²) in [6, 6.07) is 6.95. The zero-order valence-electron chi connectivity index (χ0n) is 16.5. The fourth-order valence-electron chi connectivity index (χ4n) is 3.07. The predicted molar refractivity (Wildman–Crippen MR) is 112 cm³/mol. The van der Waals surface area contributed by atoms with Crippen molar-refractivity contribution in [3.8, 4) is 11.5 Å². The Morgan fingerprint density at radius 2 is 1.86 bits per heavy atom. The molecule has 3 rings (SSSR count). The molecule has 1 aliphatic rings. The lowest BCUT2D eigenvalue weighted by atomic mass is 10.2. The number of nitrogens with zero attached hydrogens (tertiary/aromatic N) is 1. The van der Waals surface area contributed by atoms with Gasteiger partial charge in [0.15, 0.2) is 17.3 Å². The summed E-state index contributed by atoms with van der Waals surface area (Å²) < 4.78 is 16.3. The van der Waals surface area contributed by atoms with Gasteiger partial charge in [0.2, 0.25) is 11.8 Å². The molecule has 8 nitrogen and oxygen atoms in total. The maximum atomic E-state index is 12.2. The number of hydrogen-bond donors (Lipinski definition) is 2. The number of aryl methyl sites for hydroxylation is 1. The highest BCUT2D eigenvalue weighted by molar-refractivity contribution is 8.00. The van der Waals surface area contributed by atoms with Gasteiger partial charge in [-0.15, -0.1) is 11.8 Å². The van der Waals surface area contributed by atoms with Crippen LogP contribution < -0.4 is 20.1 Å². The molecule has 156 valence electrons. The van der Waals surface area contributed by atoms with Crippen molar-refractivity contribution in [2.75, 3.05) is 29.2 Å². The van der Waals surface area contributed by atoms with E-state index in [1.807, 2.05) is 0 Å². The van der Waals surface area contributed by atoms with E-state index in [1.54, 1.807) is 38.3 Å². The number of anilines is 2. The Hall–Kier alpha value is -2.68. The molecule has 0 saturated heterocycles. The average molecular weight is 420 g/mol. The number of ether oxygens (including phenoxy) is 2. The van der Waals surface area contributed by atoms with Gasteiger partial charge in [0.1, 0.15) is 5.76 Å². The molecule has 0 aliphatic heterocycles. The molecule has 0 atom stereocenters. The molecule has 2 amide bonds. The Kier molecular flexibility index (Phi) is 7.40. The average Bonchev–Trinajstić information content (AvgIpc) is 3.33. The standard InChI is InChI=1S/C20H25N3O5S/c1-13-9-18(23-28-13)22-20(25)12-29-11-19(24)21-14-7-8-16(26-2)17(10-14)27-15-5-3-4-6-15/h7-10,15H,3-6,11-12H2,1-2H3,(H,21,24)(H,22,23,25). The van der Waals surface area contributed by atoms with Gasteiger partial charge in [-0.1, -0.05) is 5.16 Å². The number of rotatable bonds is 9. The van der Waals surface area contributed by atoms with Gasteiger partial charge in [0.05, 0.1) is 24.7 Å². The van der Waals surface area contributed by atoms with Gasteiger partial charge in [-0.05, 0) is 44.7 Å². The lowest BCUT2D eigenvalue weighted by Crippen LogP contribution is -2.18.